The summed E-state index contributed by atoms with van der Waals surface area (Å²) in [6, 6.07) is 12.3. The van der Waals surface area contributed by atoms with E-state index in [0.29, 0.717) is 0 Å². The number of hydrogen-bond donors (Lipinski definition) is 0. The van der Waals surface area contributed by atoms with E-state index in [2.05, 4.69) is 23.7 Å². The average Bonchev–Trinajstić information content (AvgIpc) is 2.18. The zero-order chi connectivity index (χ0) is 9.10. The Labute approximate surface area is 90.9 Å². The molecule has 0 unspecified atom stereocenters. The SMILES string of the molecule is C=CCc1ccc2ccccc2n1.S. The van der Waals surface area contributed by atoms with Crippen molar-refractivity contribution in [3.05, 3.63) is 54.7 Å². The fourth-order valence-electron chi connectivity index (χ4n) is 1.37. The molecule has 14 heavy (non-hydrogen) atoms. The van der Waals surface area contributed by atoms with Crippen molar-refractivity contribution in [1.82, 2.24) is 4.98 Å². The molecule has 0 radical (unpaired) electrons. The number of allylic oxidation sites excluding steroid dienone is 1. The number of pyridine rings is 1. The fraction of sp³-hybridized carbons (Fsp3) is 0.0833. The Bertz CT molecular complexity index is 437. The predicted molar refractivity (Wildman–Crippen MR) is 66.0 cm³/mol. The Morgan fingerprint density at radius 3 is 2.71 bits per heavy atom. The number of benzene rings is 1. The Balaban J connectivity index is 0.000000980. The van der Waals surface area contributed by atoms with Gasteiger partial charge in [0, 0.05) is 17.5 Å². The molecule has 0 aliphatic rings. The largest absolute Gasteiger partial charge is 0.253 e. The van der Waals surface area contributed by atoms with Crippen LogP contribution in [0.15, 0.2) is 49.1 Å². The van der Waals surface area contributed by atoms with E-state index < -0.39 is 0 Å². The van der Waals surface area contributed by atoms with Crippen LogP contribution in [0.1, 0.15) is 5.69 Å². The zero-order valence-electron chi connectivity index (χ0n) is 7.90. The van der Waals surface area contributed by atoms with Gasteiger partial charge in [0.25, 0.3) is 0 Å². The van der Waals surface area contributed by atoms with E-state index in [1.165, 1.54) is 5.39 Å². The van der Waals surface area contributed by atoms with Crippen LogP contribution in [0.2, 0.25) is 0 Å². The number of nitrogens with zero attached hydrogens (tertiary/aromatic N) is 1. The van der Waals surface area contributed by atoms with Crippen LogP contribution in [0.5, 0.6) is 0 Å². The van der Waals surface area contributed by atoms with Crippen LogP contribution in [0.25, 0.3) is 10.9 Å². The summed E-state index contributed by atoms with van der Waals surface area (Å²) in [7, 11) is 0. The third kappa shape index (κ3) is 2.15. The highest BCUT2D eigenvalue weighted by atomic mass is 32.1. The molecule has 1 heterocycles. The molecule has 0 saturated heterocycles. The van der Waals surface area contributed by atoms with Crippen LogP contribution in [0, 0.1) is 0 Å². The molecule has 0 bridgehead atoms. The molecule has 1 aromatic heterocycles. The molecule has 2 rings (SSSR count). The first-order valence-electron chi connectivity index (χ1n) is 4.36. The molecule has 0 saturated carbocycles. The summed E-state index contributed by atoms with van der Waals surface area (Å²) < 4.78 is 0. The van der Waals surface area contributed by atoms with Crippen LogP contribution in [0.4, 0.5) is 0 Å². The molecule has 0 amide bonds. The summed E-state index contributed by atoms with van der Waals surface area (Å²) in [5, 5.41) is 1.19. The zero-order valence-corrected chi connectivity index (χ0v) is 8.90. The van der Waals surface area contributed by atoms with Gasteiger partial charge in [-0.15, -0.1) is 6.58 Å². The summed E-state index contributed by atoms with van der Waals surface area (Å²) in [5.41, 5.74) is 2.13. The second kappa shape index (κ2) is 4.82. The first kappa shape index (κ1) is 10.8. The molecule has 0 spiro atoms. The average molecular weight is 203 g/mol. The first-order chi connectivity index (χ1) is 6.40. The van der Waals surface area contributed by atoms with Crippen molar-refractivity contribution in [1.29, 1.82) is 0 Å². The minimum Gasteiger partial charge on any atom is -0.253 e. The minimum absolute atomic E-state index is 0. The number of rotatable bonds is 2. The Morgan fingerprint density at radius 1 is 1.14 bits per heavy atom. The molecule has 0 atom stereocenters. The smallest absolute Gasteiger partial charge is 0.0705 e. The van der Waals surface area contributed by atoms with Gasteiger partial charge in [-0.25, -0.2) is 0 Å². The number of hydrogen-bond acceptors (Lipinski definition) is 1. The number of fused-ring (bicyclic) bond motifs is 1. The van der Waals surface area contributed by atoms with E-state index in [1.54, 1.807) is 0 Å². The van der Waals surface area contributed by atoms with Gasteiger partial charge in [0.05, 0.1) is 5.52 Å². The minimum atomic E-state index is 0. The lowest BCUT2D eigenvalue weighted by Gasteiger charge is -1.99. The van der Waals surface area contributed by atoms with E-state index in [0.717, 1.165) is 17.6 Å². The van der Waals surface area contributed by atoms with Crippen molar-refractivity contribution in [2.24, 2.45) is 0 Å². The van der Waals surface area contributed by atoms with Gasteiger partial charge in [-0.3, -0.25) is 4.98 Å². The van der Waals surface area contributed by atoms with Gasteiger partial charge in [-0.2, -0.15) is 13.5 Å². The standard InChI is InChI=1S/C12H11N.H2S/c1-2-5-11-9-8-10-6-3-4-7-12(10)13-11;/h2-4,6-9H,1,5H2;1H2. The Hall–Kier alpha value is -1.28. The van der Waals surface area contributed by atoms with Gasteiger partial charge in [-0.05, 0) is 12.1 Å². The van der Waals surface area contributed by atoms with E-state index >= 15 is 0 Å². The van der Waals surface area contributed by atoms with E-state index in [-0.39, 0.29) is 13.5 Å². The number of aromatic nitrogens is 1. The quantitative estimate of drug-likeness (QED) is 0.683. The molecular formula is C12H13NS. The van der Waals surface area contributed by atoms with Crippen molar-refractivity contribution < 1.29 is 0 Å². The second-order valence-electron chi connectivity index (χ2n) is 2.99. The fourth-order valence-corrected chi connectivity index (χ4v) is 1.37. The third-order valence-corrected chi connectivity index (χ3v) is 2.01. The summed E-state index contributed by atoms with van der Waals surface area (Å²) >= 11 is 0. The highest BCUT2D eigenvalue weighted by molar-refractivity contribution is 7.59. The summed E-state index contributed by atoms with van der Waals surface area (Å²) in [4.78, 5) is 4.49. The third-order valence-electron chi connectivity index (χ3n) is 2.01. The van der Waals surface area contributed by atoms with Crippen LogP contribution in [-0.2, 0) is 6.42 Å². The molecule has 0 aliphatic heterocycles. The van der Waals surface area contributed by atoms with E-state index in [9.17, 15) is 0 Å². The van der Waals surface area contributed by atoms with Gasteiger partial charge in [-0.1, -0.05) is 30.3 Å². The Morgan fingerprint density at radius 2 is 1.93 bits per heavy atom. The molecule has 2 heteroatoms. The monoisotopic (exact) mass is 203 g/mol. The lowest BCUT2D eigenvalue weighted by atomic mass is 10.2. The maximum absolute atomic E-state index is 4.49. The van der Waals surface area contributed by atoms with Crippen LogP contribution in [0.3, 0.4) is 0 Å². The summed E-state index contributed by atoms with van der Waals surface area (Å²) in [6.45, 7) is 3.70. The second-order valence-corrected chi connectivity index (χ2v) is 2.99. The summed E-state index contributed by atoms with van der Waals surface area (Å²) in [5.74, 6) is 0. The maximum Gasteiger partial charge on any atom is 0.0705 e. The summed E-state index contributed by atoms with van der Waals surface area (Å²) in [6.07, 6.45) is 2.71. The van der Waals surface area contributed by atoms with Crippen LogP contribution >= 0.6 is 13.5 Å². The molecule has 0 aliphatic carbocycles. The van der Waals surface area contributed by atoms with Crippen molar-refractivity contribution >= 4 is 24.4 Å². The molecule has 0 N–H and O–H groups in total. The first-order valence-corrected chi connectivity index (χ1v) is 4.36. The molecule has 2 aromatic rings. The lowest BCUT2D eigenvalue weighted by molar-refractivity contribution is 1.15. The van der Waals surface area contributed by atoms with Gasteiger partial charge in [0.1, 0.15) is 0 Å². The highest BCUT2D eigenvalue weighted by Gasteiger charge is 1.94. The van der Waals surface area contributed by atoms with Gasteiger partial charge in [0.2, 0.25) is 0 Å². The molecule has 1 nitrogen and oxygen atoms in total. The van der Waals surface area contributed by atoms with Gasteiger partial charge in [0.15, 0.2) is 0 Å². The Kier molecular flexibility index (Phi) is 3.72. The normalized spacial score (nSPS) is 9.43. The number of para-hydroxylation sites is 1. The van der Waals surface area contributed by atoms with E-state index in [4.69, 9.17) is 0 Å². The lowest BCUT2D eigenvalue weighted by Crippen LogP contribution is -1.87. The molecule has 1 aromatic carbocycles. The maximum atomic E-state index is 4.49. The van der Waals surface area contributed by atoms with Gasteiger partial charge < -0.3 is 0 Å². The molecular weight excluding hydrogens is 190 g/mol. The predicted octanol–water partition coefficient (Wildman–Crippen LogP) is 3.08. The highest BCUT2D eigenvalue weighted by Crippen LogP contribution is 2.11. The topological polar surface area (TPSA) is 12.9 Å². The molecule has 72 valence electrons. The van der Waals surface area contributed by atoms with Gasteiger partial charge >= 0.3 is 0 Å². The molecule has 0 fully saturated rings. The van der Waals surface area contributed by atoms with Crippen molar-refractivity contribution in [2.75, 3.05) is 0 Å². The van der Waals surface area contributed by atoms with Crippen molar-refractivity contribution in [2.45, 2.75) is 6.42 Å². The van der Waals surface area contributed by atoms with E-state index in [1.807, 2.05) is 30.3 Å². The van der Waals surface area contributed by atoms with Crippen molar-refractivity contribution in [3.63, 3.8) is 0 Å². The van der Waals surface area contributed by atoms with Crippen LogP contribution < -0.4 is 0 Å². The van der Waals surface area contributed by atoms with Crippen molar-refractivity contribution in [3.8, 4) is 0 Å². The van der Waals surface area contributed by atoms with Crippen LogP contribution in [-0.4, -0.2) is 4.98 Å².